The molecule has 4 aromatic rings. The van der Waals surface area contributed by atoms with Gasteiger partial charge in [0.1, 0.15) is 11.6 Å². The Hall–Kier alpha value is -4.09. The Balaban J connectivity index is 1.61. The second kappa shape index (κ2) is 13.1. The number of phenols is 1. The van der Waals surface area contributed by atoms with E-state index in [9.17, 15) is 13.5 Å². The van der Waals surface area contributed by atoms with Gasteiger partial charge >= 0.3 is 0 Å². The Morgan fingerprint density at radius 1 is 0.956 bits per heavy atom. The smallest absolute Gasteiger partial charge is 0.229 e. The predicted molar refractivity (Wildman–Crippen MR) is 179 cm³/mol. The lowest BCUT2D eigenvalue weighted by Gasteiger charge is -2.30. The minimum absolute atomic E-state index is 0.0582. The number of benzene rings is 3. The number of aromatic hydroxyl groups is 1. The molecule has 1 aromatic heterocycles. The van der Waals surface area contributed by atoms with Crippen molar-refractivity contribution in [3.63, 3.8) is 0 Å². The largest absolute Gasteiger partial charge is 0.504 e. The van der Waals surface area contributed by atoms with Gasteiger partial charge in [-0.3, -0.25) is 0 Å². The number of ether oxygens (including phenoxy) is 2. The summed E-state index contributed by atoms with van der Waals surface area (Å²) in [4.78, 5) is 12.1. The molecule has 3 N–H and O–H groups in total. The van der Waals surface area contributed by atoms with E-state index >= 15 is 0 Å². The lowest BCUT2D eigenvalue weighted by molar-refractivity contribution is 0.241. The molecular formula is C34H43N5O5S. The van der Waals surface area contributed by atoms with E-state index in [1.807, 2.05) is 13.8 Å². The highest BCUT2D eigenvalue weighted by Gasteiger charge is 2.25. The van der Waals surface area contributed by atoms with E-state index in [2.05, 4.69) is 41.6 Å². The number of hydrogen-bond donors (Lipinski definition) is 3. The third kappa shape index (κ3) is 6.94. The number of para-hydroxylation sites is 1. The van der Waals surface area contributed by atoms with Crippen molar-refractivity contribution < 1.29 is 23.0 Å². The van der Waals surface area contributed by atoms with Crippen LogP contribution in [0.2, 0.25) is 0 Å². The van der Waals surface area contributed by atoms with Crippen molar-refractivity contribution in [1.29, 1.82) is 0 Å². The van der Waals surface area contributed by atoms with Gasteiger partial charge in [0, 0.05) is 11.5 Å². The maximum Gasteiger partial charge on any atom is 0.229 e. The van der Waals surface area contributed by atoms with Gasteiger partial charge in [0.2, 0.25) is 5.95 Å². The number of hydrogen-bond acceptors (Lipinski definition) is 10. The van der Waals surface area contributed by atoms with Crippen LogP contribution in [0.5, 0.6) is 17.2 Å². The number of aromatic nitrogens is 2. The zero-order valence-corrected chi connectivity index (χ0v) is 27.8. The Morgan fingerprint density at radius 3 is 2.33 bits per heavy atom. The molecule has 0 amide bonds. The number of phenolic OH excluding ortho intramolecular Hbond substituents is 1. The molecule has 0 radical (unpaired) electrons. The number of nitrogens with zero attached hydrogens (tertiary/aromatic N) is 3. The summed E-state index contributed by atoms with van der Waals surface area (Å²) in [6, 6.07) is 14.1. The maximum atomic E-state index is 13.2. The summed E-state index contributed by atoms with van der Waals surface area (Å²) in [6.45, 7) is 11.5. The van der Waals surface area contributed by atoms with E-state index in [1.165, 1.54) is 18.7 Å². The van der Waals surface area contributed by atoms with Crippen molar-refractivity contribution in [2.24, 2.45) is 0 Å². The fourth-order valence-corrected chi connectivity index (χ4v) is 6.89. The lowest BCUT2D eigenvalue weighted by atomic mass is 9.86. The molecule has 0 aliphatic carbocycles. The molecule has 1 aliphatic heterocycles. The van der Waals surface area contributed by atoms with Crippen molar-refractivity contribution >= 4 is 43.9 Å². The number of nitrogens with one attached hydrogen (secondary N) is 2. The Morgan fingerprint density at radius 2 is 1.67 bits per heavy atom. The molecule has 0 spiro atoms. The monoisotopic (exact) mass is 633 g/mol. The van der Waals surface area contributed by atoms with Crippen LogP contribution in [0.15, 0.2) is 53.4 Å². The zero-order chi connectivity index (χ0) is 32.5. The molecule has 1 fully saturated rings. The van der Waals surface area contributed by atoms with Gasteiger partial charge in [-0.05, 0) is 115 Å². The third-order valence-electron chi connectivity index (χ3n) is 8.20. The number of fused-ring (bicyclic) bond motifs is 1. The van der Waals surface area contributed by atoms with Gasteiger partial charge in [-0.2, -0.15) is 4.98 Å². The van der Waals surface area contributed by atoms with Crippen LogP contribution >= 0.6 is 0 Å². The zero-order valence-electron chi connectivity index (χ0n) is 27.0. The summed E-state index contributed by atoms with van der Waals surface area (Å²) in [5.74, 6) is 1.92. The van der Waals surface area contributed by atoms with E-state index in [0.717, 1.165) is 31.5 Å². The van der Waals surface area contributed by atoms with Gasteiger partial charge < -0.3 is 30.1 Å². The fraction of sp³-hybridized carbons (Fsp3) is 0.412. The number of likely N-dealkylation sites (tertiary alicyclic amines) is 1. The summed E-state index contributed by atoms with van der Waals surface area (Å²) in [5.41, 5.74) is 3.96. The highest BCUT2D eigenvalue weighted by Crippen LogP contribution is 2.40. The van der Waals surface area contributed by atoms with Crippen molar-refractivity contribution in [3.8, 4) is 17.2 Å². The van der Waals surface area contributed by atoms with Crippen molar-refractivity contribution in [2.45, 2.75) is 69.6 Å². The van der Waals surface area contributed by atoms with Crippen LogP contribution in [0.1, 0.15) is 57.6 Å². The first-order valence-corrected chi connectivity index (χ1v) is 16.9. The number of rotatable bonds is 10. The summed E-state index contributed by atoms with van der Waals surface area (Å²) < 4.78 is 38.1. The number of sulfone groups is 1. The van der Waals surface area contributed by atoms with Crippen molar-refractivity contribution in [1.82, 2.24) is 14.9 Å². The molecule has 5 rings (SSSR count). The van der Waals surface area contributed by atoms with Crippen LogP contribution in [0.25, 0.3) is 10.9 Å². The van der Waals surface area contributed by atoms with Crippen molar-refractivity contribution in [2.75, 3.05) is 37.9 Å². The molecule has 11 heteroatoms. The van der Waals surface area contributed by atoms with Gasteiger partial charge in [0.15, 0.2) is 21.3 Å². The van der Waals surface area contributed by atoms with E-state index in [0.29, 0.717) is 39.8 Å². The molecule has 2 heterocycles. The summed E-state index contributed by atoms with van der Waals surface area (Å²) in [6.07, 6.45) is 2.13. The van der Waals surface area contributed by atoms with Crippen LogP contribution in [-0.2, 0) is 9.84 Å². The third-order valence-corrected chi connectivity index (χ3v) is 10.4. The van der Waals surface area contributed by atoms with Crippen LogP contribution in [-0.4, -0.2) is 67.0 Å². The Kier molecular flexibility index (Phi) is 9.41. The first kappa shape index (κ1) is 32.3. The highest BCUT2D eigenvalue weighted by molar-refractivity contribution is 7.92. The molecule has 1 aliphatic rings. The molecule has 10 nitrogen and oxygen atoms in total. The molecule has 0 saturated carbocycles. The van der Waals surface area contributed by atoms with E-state index in [4.69, 9.17) is 19.4 Å². The first-order chi connectivity index (χ1) is 21.4. The molecule has 3 aromatic carbocycles. The van der Waals surface area contributed by atoms with Crippen LogP contribution in [0, 0.1) is 6.92 Å². The van der Waals surface area contributed by atoms with E-state index < -0.39 is 15.1 Å². The summed E-state index contributed by atoms with van der Waals surface area (Å²) in [5, 5.41) is 17.1. The summed E-state index contributed by atoms with van der Waals surface area (Å²) >= 11 is 0. The normalized spacial score (nSPS) is 14.7. The number of aryl methyl sites for hydroxylation is 1. The van der Waals surface area contributed by atoms with E-state index in [1.54, 1.807) is 44.2 Å². The molecule has 0 atom stereocenters. The number of piperidine rings is 1. The number of methoxy groups -OCH3 is 1. The van der Waals surface area contributed by atoms with Gasteiger partial charge in [0.05, 0.1) is 40.3 Å². The first-order valence-electron chi connectivity index (χ1n) is 15.3. The quantitative estimate of drug-likeness (QED) is 0.169. The maximum absolute atomic E-state index is 13.2. The fourth-order valence-electron chi connectivity index (χ4n) is 5.69. The van der Waals surface area contributed by atoms with Gasteiger partial charge in [0.25, 0.3) is 0 Å². The molecule has 45 heavy (non-hydrogen) atoms. The number of anilines is 4. The topological polar surface area (TPSA) is 126 Å². The molecule has 0 unspecified atom stereocenters. The van der Waals surface area contributed by atoms with E-state index in [-0.39, 0.29) is 28.4 Å². The van der Waals surface area contributed by atoms with Gasteiger partial charge in [-0.25, -0.2) is 13.4 Å². The standard InChI is InChI=1S/C34H43N5O5S/c1-20(2)44-30-17-24(23-12-14-39(6)15-13-23)22(5)16-28(30)37-34-36-27-19-29(40)31(43-7)18-25(27)33(38-34)35-26-10-8-9-11-32(26)45(41,42)21(3)4/h8-11,16-21,23,40H,12-15H2,1-7H3,(H2,35,36,37,38). The second-order valence-electron chi connectivity index (χ2n) is 12.2. The average Bonchev–Trinajstić information content (AvgIpc) is 2.98. The van der Waals surface area contributed by atoms with Crippen LogP contribution in [0.3, 0.4) is 0 Å². The average molecular weight is 634 g/mol. The van der Waals surface area contributed by atoms with Gasteiger partial charge in [-0.1, -0.05) is 12.1 Å². The Bertz CT molecular complexity index is 1800. The minimum atomic E-state index is -3.60. The molecule has 0 bridgehead atoms. The molecule has 240 valence electrons. The molecular weight excluding hydrogens is 590 g/mol. The molecule has 1 saturated heterocycles. The predicted octanol–water partition coefficient (Wildman–Crippen LogP) is 6.92. The van der Waals surface area contributed by atoms with Crippen molar-refractivity contribution in [3.05, 3.63) is 59.7 Å². The Labute approximate surface area is 265 Å². The highest BCUT2D eigenvalue weighted by atomic mass is 32.2. The SMILES string of the molecule is COc1cc2c(Nc3ccccc3S(=O)(=O)C(C)C)nc(Nc3cc(C)c(C4CCN(C)CC4)cc3OC(C)C)nc2cc1O. The van der Waals surface area contributed by atoms with Crippen LogP contribution < -0.4 is 20.1 Å². The second-order valence-corrected chi connectivity index (χ2v) is 14.7. The summed E-state index contributed by atoms with van der Waals surface area (Å²) in [7, 11) is 0.0188. The minimum Gasteiger partial charge on any atom is -0.504 e. The van der Waals surface area contributed by atoms with Crippen LogP contribution in [0.4, 0.5) is 23.1 Å². The lowest BCUT2D eigenvalue weighted by Crippen LogP contribution is -2.29. The van der Waals surface area contributed by atoms with Gasteiger partial charge in [-0.15, -0.1) is 0 Å².